The molecule has 2 atom stereocenters. The lowest BCUT2D eigenvalue weighted by molar-refractivity contribution is 0.217. The molecule has 0 amide bonds. The molecule has 1 aliphatic rings. The Morgan fingerprint density at radius 1 is 1.50 bits per heavy atom. The highest BCUT2D eigenvalue weighted by molar-refractivity contribution is 7.15. The first-order valence-corrected chi connectivity index (χ1v) is 8.00. The van der Waals surface area contributed by atoms with Crippen molar-refractivity contribution in [2.24, 2.45) is 0 Å². The van der Waals surface area contributed by atoms with E-state index in [0.717, 1.165) is 25.0 Å². The summed E-state index contributed by atoms with van der Waals surface area (Å²) in [6, 6.07) is 8.46. The molecule has 1 aliphatic carbocycles. The van der Waals surface area contributed by atoms with Crippen molar-refractivity contribution < 1.29 is 4.74 Å². The first-order chi connectivity index (χ1) is 9.67. The molecule has 0 saturated heterocycles. The highest BCUT2D eigenvalue weighted by Gasteiger charge is 2.28. The minimum atomic E-state index is 0.253. The lowest BCUT2D eigenvalue weighted by Crippen LogP contribution is -2.09. The molecule has 0 saturated carbocycles. The molecule has 0 spiro atoms. The van der Waals surface area contributed by atoms with Crippen molar-refractivity contribution >= 4 is 16.5 Å². The van der Waals surface area contributed by atoms with E-state index >= 15 is 0 Å². The van der Waals surface area contributed by atoms with Crippen molar-refractivity contribution in [1.82, 2.24) is 4.98 Å². The third-order valence-corrected chi connectivity index (χ3v) is 4.94. The summed E-state index contributed by atoms with van der Waals surface area (Å²) in [5, 5.41) is 0.687. The van der Waals surface area contributed by atoms with Gasteiger partial charge in [-0.05, 0) is 43.9 Å². The van der Waals surface area contributed by atoms with Gasteiger partial charge < -0.3 is 10.5 Å². The summed E-state index contributed by atoms with van der Waals surface area (Å²) in [4.78, 5) is 5.75. The Bertz CT molecular complexity index is 608. The fourth-order valence-corrected chi connectivity index (χ4v) is 3.73. The highest BCUT2D eigenvalue weighted by atomic mass is 32.1. The minimum absolute atomic E-state index is 0.253. The van der Waals surface area contributed by atoms with Crippen LogP contribution in [-0.2, 0) is 6.42 Å². The Balaban J connectivity index is 1.86. The molecule has 0 radical (unpaired) electrons. The molecule has 1 aromatic heterocycles. The number of nitrogen functional groups attached to an aromatic ring is 1. The van der Waals surface area contributed by atoms with E-state index in [0.29, 0.717) is 11.0 Å². The number of aryl methyl sites for hydroxylation is 1. The van der Waals surface area contributed by atoms with E-state index in [1.807, 2.05) is 6.07 Å². The largest absolute Gasteiger partial charge is 0.491 e. The number of nitrogens with zero attached hydrogens (tertiary/aromatic N) is 1. The van der Waals surface area contributed by atoms with Crippen LogP contribution in [-0.4, -0.2) is 11.1 Å². The maximum Gasteiger partial charge on any atom is 0.180 e. The lowest BCUT2D eigenvalue weighted by atomic mass is 9.98. The number of hydrogen-bond donors (Lipinski definition) is 1. The van der Waals surface area contributed by atoms with Gasteiger partial charge in [0.2, 0.25) is 0 Å². The monoisotopic (exact) mass is 288 g/mol. The molecular weight excluding hydrogens is 268 g/mol. The van der Waals surface area contributed by atoms with Gasteiger partial charge in [0.15, 0.2) is 5.13 Å². The summed E-state index contributed by atoms with van der Waals surface area (Å²) < 4.78 is 5.92. The van der Waals surface area contributed by atoms with E-state index in [-0.39, 0.29) is 6.10 Å². The maximum atomic E-state index is 5.92. The van der Waals surface area contributed by atoms with E-state index in [2.05, 4.69) is 37.0 Å². The molecule has 0 fully saturated rings. The van der Waals surface area contributed by atoms with Gasteiger partial charge in [-0.2, -0.15) is 0 Å². The first kappa shape index (κ1) is 13.4. The summed E-state index contributed by atoms with van der Waals surface area (Å²) in [6.45, 7) is 4.24. The second-order valence-electron chi connectivity index (χ2n) is 5.36. The number of hydrogen-bond acceptors (Lipinski definition) is 4. The van der Waals surface area contributed by atoms with Crippen LogP contribution >= 0.6 is 11.3 Å². The van der Waals surface area contributed by atoms with Gasteiger partial charge in [0.1, 0.15) is 5.75 Å². The summed E-state index contributed by atoms with van der Waals surface area (Å²) in [6.07, 6.45) is 3.43. The van der Waals surface area contributed by atoms with Crippen molar-refractivity contribution in [2.75, 3.05) is 5.73 Å². The Hall–Kier alpha value is -1.55. The van der Waals surface area contributed by atoms with Crippen LogP contribution in [0.5, 0.6) is 5.75 Å². The van der Waals surface area contributed by atoms with E-state index in [1.54, 1.807) is 11.3 Å². The number of thiazole rings is 1. The second kappa shape index (κ2) is 5.44. The zero-order valence-corrected chi connectivity index (χ0v) is 12.7. The van der Waals surface area contributed by atoms with Crippen LogP contribution in [0.15, 0.2) is 24.3 Å². The second-order valence-corrected chi connectivity index (χ2v) is 6.43. The van der Waals surface area contributed by atoms with Gasteiger partial charge in [-0.3, -0.25) is 0 Å². The molecular formula is C16H20N2OS. The molecule has 20 heavy (non-hydrogen) atoms. The van der Waals surface area contributed by atoms with Crippen LogP contribution < -0.4 is 10.5 Å². The summed E-state index contributed by atoms with van der Waals surface area (Å²) >= 11 is 1.63. The van der Waals surface area contributed by atoms with Crippen LogP contribution in [0.3, 0.4) is 0 Å². The van der Waals surface area contributed by atoms with Crippen molar-refractivity contribution in [3.63, 3.8) is 0 Å². The van der Waals surface area contributed by atoms with Crippen molar-refractivity contribution in [2.45, 2.75) is 45.1 Å². The summed E-state index contributed by atoms with van der Waals surface area (Å²) in [5.74, 6) is 1.39. The van der Waals surface area contributed by atoms with Crippen molar-refractivity contribution in [3.05, 3.63) is 40.4 Å². The van der Waals surface area contributed by atoms with Gasteiger partial charge in [-0.1, -0.05) is 19.1 Å². The number of benzene rings is 1. The normalized spacial score (nSPS) is 18.8. The van der Waals surface area contributed by atoms with Gasteiger partial charge in [-0.15, -0.1) is 11.3 Å². The Kier molecular flexibility index (Phi) is 3.66. The smallest absolute Gasteiger partial charge is 0.180 e. The van der Waals surface area contributed by atoms with Crippen molar-refractivity contribution in [3.8, 4) is 5.75 Å². The molecule has 1 heterocycles. The Morgan fingerprint density at radius 2 is 2.35 bits per heavy atom. The standard InChI is InChI=1S/C16H20N2OS/c1-3-10(2)19-12-6-4-5-11(9-12)13-7-8-14-15(13)20-16(17)18-14/h4-6,9-10,13H,3,7-8H2,1-2H3,(H2,17,18). The Labute approximate surface area is 123 Å². The van der Waals surface area contributed by atoms with E-state index < -0.39 is 0 Å². The molecule has 0 bridgehead atoms. The molecule has 4 heteroatoms. The van der Waals surface area contributed by atoms with Crippen LogP contribution in [0.4, 0.5) is 5.13 Å². The zero-order valence-electron chi connectivity index (χ0n) is 11.9. The average Bonchev–Trinajstić information content (AvgIpc) is 2.97. The van der Waals surface area contributed by atoms with Crippen LogP contribution in [0, 0.1) is 0 Å². The number of aromatic nitrogens is 1. The van der Waals surface area contributed by atoms with Crippen LogP contribution in [0.25, 0.3) is 0 Å². The van der Waals surface area contributed by atoms with E-state index in [4.69, 9.17) is 10.5 Å². The molecule has 1 aromatic carbocycles. The number of rotatable bonds is 4. The molecule has 106 valence electrons. The quantitative estimate of drug-likeness (QED) is 0.925. The molecule has 2 aromatic rings. The topological polar surface area (TPSA) is 48.1 Å². The van der Waals surface area contributed by atoms with Gasteiger partial charge >= 0.3 is 0 Å². The summed E-state index contributed by atoms with van der Waals surface area (Å²) in [5.41, 5.74) is 8.32. The molecule has 2 N–H and O–H groups in total. The predicted octanol–water partition coefficient (Wildman–Crippen LogP) is 3.98. The third-order valence-electron chi connectivity index (χ3n) is 3.90. The fourth-order valence-electron chi connectivity index (χ4n) is 2.68. The first-order valence-electron chi connectivity index (χ1n) is 7.19. The zero-order chi connectivity index (χ0) is 14.1. The lowest BCUT2D eigenvalue weighted by Gasteiger charge is -2.15. The molecule has 2 unspecified atom stereocenters. The van der Waals surface area contributed by atoms with E-state index in [9.17, 15) is 0 Å². The number of ether oxygens (including phenoxy) is 1. The minimum Gasteiger partial charge on any atom is -0.491 e. The van der Waals surface area contributed by atoms with E-state index in [1.165, 1.54) is 16.1 Å². The predicted molar refractivity (Wildman–Crippen MR) is 83.5 cm³/mol. The molecule has 3 rings (SSSR count). The Morgan fingerprint density at radius 3 is 3.15 bits per heavy atom. The van der Waals surface area contributed by atoms with Gasteiger partial charge in [0, 0.05) is 10.8 Å². The number of anilines is 1. The fraction of sp³-hybridized carbons (Fsp3) is 0.438. The number of nitrogens with two attached hydrogens (primary N) is 1. The summed E-state index contributed by atoms with van der Waals surface area (Å²) in [7, 11) is 0. The van der Waals surface area contributed by atoms with Crippen LogP contribution in [0.2, 0.25) is 0 Å². The maximum absolute atomic E-state index is 5.92. The van der Waals surface area contributed by atoms with Gasteiger partial charge in [-0.25, -0.2) is 4.98 Å². The van der Waals surface area contributed by atoms with Crippen LogP contribution in [0.1, 0.15) is 48.7 Å². The van der Waals surface area contributed by atoms with Gasteiger partial charge in [0.25, 0.3) is 0 Å². The van der Waals surface area contributed by atoms with Crippen molar-refractivity contribution in [1.29, 1.82) is 0 Å². The average molecular weight is 288 g/mol. The third kappa shape index (κ3) is 2.52. The molecule has 3 nitrogen and oxygen atoms in total. The highest BCUT2D eigenvalue weighted by Crippen LogP contribution is 2.42. The SMILES string of the molecule is CCC(C)Oc1cccc(C2CCc3nc(N)sc32)c1. The molecule has 0 aliphatic heterocycles. The van der Waals surface area contributed by atoms with Gasteiger partial charge in [0.05, 0.1) is 11.8 Å². The number of fused-ring (bicyclic) bond motifs is 1.